The van der Waals surface area contributed by atoms with Gasteiger partial charge in [0.1, 0.15) is 0 Å². The minimum Gasteiger partial charge on any atom is -0.347 e. The molecule has 4 heteroatoms. The summed E-state index contributed by atoms with van der Waals surface area (Å²) in [6.45, 7) is 9.08. The van der Waals surface area contributed by atoms with E-state index in [4.69, 9.17) is 5.73 Å². The summed E-state index contributed by atoms with van der Waals surface area (Å²) in [4.78, 5) is 14.4. The second-order valence-corrected chi connectivity index (χ2v) is 7.24. The Labute approximate surface area is 128 Å². The van der Waals surface area contributed by atoms with E-state index in [0.29, 0.717) is 6.54 Å². The highest BCUT2D eigenvalue weighted by Gasteiger charge is 2.24. The molecule has 2 aliphatic rings. The molecule has 21 heavy (non-hydrogen) atoms. The zero-order valence-corrected chi connectivity index (χ0v) is 13.6. The second kappa shape index (κ2) is 6.75. The van der Waals surface area contributed by atoms with Gasteiger partial charge in [0.05, 0.1) is 12.6 Å². The van der Waals surface area contributed by atoms with Crippen LogP contribution in [0.2, 0.25) is 0 Å². The number of piperidine rings is 1. The van der Waals surface area contributed by atoms with Gasteiger partial charge in [0.15, 0.2) is 0 Å². The van der Waals surface area contributed by atoms with Crippen molar-refractivity contribution in [1.82, 2.24) is 10.2 Å². The first-order chi connectivity index (χ1) is 9.86. The van der Waals surface area contributed by atoms with E-state index in [2.05, 4.69) is 43.1 Å². The predicted octanol–water partition coefficient (Wildman–Crippen LogP) is 1.83. The molecule has 1 aliphatic carbocycles. The van der Waals surface area contributed by atoms with Crippen molar-refractivity contribution >= 4 is 5.91 Å². The van der Waals surface area contributed by atoms with Crippen molar-refractivity contribution in [2.75, 3.05) is 19.6 Å². The fourth-order valence-corrected chi connectivity index (χ4v) is 2.90. The molecule has 1 fully saturated rings. The molecule has 3 N–H and O–H groups in total. The maximum absolute atomic E-state index is 12.1. The first-order valence-corrected chi connectivity index (χ1v) is 8.04. The molecule has 0 spiro atoms. The third kappa shape index (κ3) is 4.68. The van der Waals surface area contributed by atoms with Gasteiger partial charge in [-0.15, -0.1) is 0 Å². The molecule has 0 aromatic heterocycles. The van der Waals surface area contributed by atoms with Crippen molar-refractivity contribution in [3.8, 4) is 0 Å². The lowest BCUT2D eigenvalue weighted by Crippen LogP contribution is -2.50. The Balaban J connectivity index is 1.85. The molecule has 0 bridgehead atoms. The number of amides is 1. The summed E-state index contributed by atoms with van der Waals surface area (Å²) in [6, 6.07) is -0.233. The molecule has 1 saturated heterocycles. The number of nitrogens with one attached hydrogen (secondary N) is 1. The SMILES string of the molecule is CC(C)(C)C1=CC(N)C(NC(=O)CN2CCCCC2)C=C1. The molecule has 0 aromatic rings. The van der Waals surface area contributed by atoms with E-state index < -0.39 is 0 Å². The third-order valence-electron chi connectivity index (χ3n) is 4.28. The van der Waals surface area contributed by atoms with Crippen LogP contribution in [0.15, 0.2) is 23.8 Å². The summed E-state index contributed by atoms with van der Waals surface area (Å²) in [5, 5.41) is 3.05. The molecule has 0 radical (unpaired) electrons. The van der Waals surface area contributed by atoms with Crippen molar-refractivity contribution in [3.63, 3.8) is 0 Å². The number of hydrogen-bond acceptors (Lipinski definition) is 3. The van der Waals surface area contributed by atoms with Crippen LogP contribution in [0.3, 0.4) is 0 Å². The second-order valence-electron chi connectivity index (χ2n) is 7.24. The highest BCUT2D eigenvalue weighted by molar-refractivity contribution is 5.78. The molecular formula is C17H29N3O. The molecule has 1 amide bonds. The normalized spacial score (nSPS) is 27.3. The Morgan fingerprint density at radius 1 is 1.33 bits per heavy atom. The van der Waals surface area contributed by atoms with Gasteiger partial charge in [-0.3, -0.25) is 9.69 Å². The fraction of sp³-hybridized carbons (Fsp3) is 0.706. The maximum Gasteiger partial charge on any atom is 0.234 e. The van der Waals surface area contributed by atoms with Crippen molar-refractivity contribution in [2.24, 2.45) is 11.1 Å². The molecule has 0 saturated carbocycles. The summed E-state index contributed by atoms with van der Waals surface area (Å²) in [5.41, 5.74) is 7.52. The van der Waals surface area contributed by atoms with Gasteiger partial charge in [-0.2, -0.15) is 0 Å². The number of rotatable bonds is 3. The third-order valence-corrected chi connectivity index (χ3v) is 4.28. The molecule has 1 heterocycles. The lowest BCUT2D eigenvalue weighted by atomic mass is 9.82. The minimum absolute atomic E-state index is 0.0783. The van der Waals surface area contributed by atoms with Crippen molar-refractivity contribution in [1.29, 1.82) is 0 Å². The van der Waals surface area contributed by atoms with Crippen LogP contribution in [-0.2, 0) is 4.79 Å². The highest BCUT2D eigenvalue weighted by atomic mass is 16.2. The van der Waals surface area contributed by atoms with Crippen molar-refractivity contribution in [2.45, 2.75) is 52.1 Å². The van der Waals surface area contributed by atoms with E-state index in [1.165, 1.54) is 24.8 Å². The van der Waals surface area contributed by atoms with Gasteiger partial charge in [0.25, 0.3) is 0 Å². The first-order valence-electron chi connectivity index (χ1n) is 8.04. The van der Waals surface area contributed by atoms with E-state index in [1.807, 2.05) is 6.08 Å². The zero-order chi connectivity index (χ0) is 15.5. The fourth-order valence-electron chi connectivity index (χ4n) is 2.90. The van der Waals surface area contributed by atoms with Crippen LogP contribution in [0.1, 0.15) is 40.0 Å². The molecule has 2 unspecified atom stereocenters. The molecule has 118 valence electrons. The molecule has 0 aromatic carbocycles. The summed E-state index contributed by atoms with van der Waals surface area (Å²) in [6.07, 6.45) is 9.89. The summed E-state index contributed by atoms with van der Waals surface area (Å²) < 4.78 is 0. The predicted molar refractivity (Wildman–Crippen MR) is 86.9 cm³/mol. The van der Waals surface area contributed by atoms with E-state index >= 15 is 0 Å². The number of carbonyl (C=O) groups excluding carboxylic acids is 1. The van der Waals surface area contributed by atoms with Gasteiger partial charge in [-0.25, -0.2) is 0 Å². The van der Waals surface area contributed by atoms with Gasteiger partial charge in [-0.05, 0) is 36.9 Å². The lowest BCUT2D eigenvalue weighted by Gasteiger charge is -2.30. The van der Waals surface area contributed by atoms with Gasteiger partial charge >= 0.3 is 0 Å². The first kappa shape index (κ1) is 16.2. The minimum atomic E-state index is -0.144. The molecule has 2 atom stereocenters. The average molecular weight is 291 g/mol. The Hall–Kier alpha value is -1.13. The Morgan fingerprint density at radius 3 is 2.57 bits per heavy atom. The van der Waals surface area contributed by atoms with Crippen molar-refractivity contribution in [3.05, 3.63) is 23.8 Å². The summed E-state index contributed by atoms with van der Waals surface area (Å²) in [7, 11) is 0. The van der Waals surface area contributed by atoms with E-state index in [9.17, 15) is 4.79 Å². The van der Waals surface area contributed by atoms with Crippen LogP contribution in [0.4, 0.5) is 0 Å². The van der Waals surface area contributed by atoms with Crippen LogP contribution in [0, 0.1) is 5.41 Å². The van der Waals surface area contributed by atoms with Gasteiger partial charge in [0.2, 0.25) is 5.91 Å². The van der Waals surface area contributed by atoms with Gasteiger partial charge < -0.3 is 11.1 Å². The number of nitrogens with zero attached hydrogens (tertiary/aromatic N) is 1. The van der Waals surface area contributed by atoms with Crippen LogP contribution in [0.5, 0.6) is 0 Å². The summed E-state index contributed by atoms with van der Waals surface area (Å²) >= 11 is 0. The highest BCUT2D eigenvalue weighted by Crippen LogP contribution is 2.28. The van der Waals surface area contributed by atoms with Crippen LogP contribution in [-0.4, -0.2) is 42.5 Å². The number of hydrogen-bond donors (Lipinski definition) is 2. The lowest BCUT2D eigenvalue weighted by molar-refractivity contribution is -0.122. The molecule has 2 rings (SSSR count). The topological polar surface area (TPSA) is 58.4 Å². The average Bonchev–Trinajstić information content (AvgIpc) is 2.41. The van der Waals surface area contributed by atoms with Crippen LogP contribution < -0.4 is 11.1 Å². The molecule has 1 aliphatic heterocycles. The Bertz CT molecular complexity index is 428. The largest absolute Gasteiger partial charge is 0.347 e. The number of allylic oxidation sites excluding steroid dienone is 2. The monoisotopic (exact) mass is 291 g/mol. The number of nitrogens with two attached hydrogens (primary N) is 1. The van der Waals surface area contributed by atoms with E-state index in [1.54, 1.807) is 0 Å². The summed E-state index contributed by atoms with van der Waals surface area (Å²) in [5.74, 6) is 0.0783. The smallest absolute Gasteiger partial charge is 0.234 e. The van der Waals surface area contributed by atoms with E-state index in [-0.39, 0.29) is 23.4 Å². The van der Waals surface area contributed by atoms with Crippen LogP contribution in [0.25, 0.3) is 0 Å². The van der Waals surface area contributed by atoms with Gasteiger partial charge in [0, 0.05) is 6.04 Å². The zero-order valence-electron chi connectivity index (χ0n) is 13.6. The van der Waals surface area contributed by atoms with Gasteiger partial charge in [-0.1, -0.05) is 45.4 Å². The van der Waals surface area contributed by atoms with Crippen molar-refractivity contribution < 1.29 is 4.79 Å². The quantitative estimate of drug-likeness (QED) is 0.834. The maximum atomic E-state index is 12.1. The standard InChI is InChI=1S/C17H29N3O/c1-17(2,3)13-7-8-15(14(18)11-13)19-16(21)12-20-9-5-4-6-10-20/h7-8,11,14-15H,4-6,9-10,12,18H2,1-3H3,(H,19,21). The Morgan fingerprint density at radius 2 is 2.00 bits per heavy atom. The number of carbonyl (C=O) groups is 1. The molecular weight excluding hydrogens is 262 g/mol. The Kier molecular flexibility index (Phi) is 5.22. The number of likely N-dealkylation sites (tertiary alicyclic amines) is 1. The molecule has 4 nitrogen and oxygen atoms in total. The van der Waals surface area contributed by atoms with E-state index in [0.717, 1.165) is 13.1 Å². The van der Waals surface area contributed by atoms with Crippen LogP contribution >= 0.6 is 0 Å².